The Morgan fingerprint density at radius 2 is 2.19 bits per heavy atom. The minimum absolute atomic E-state index is 0. The van der Waals surface area contributed by atoms with E-state index in [-0.39, 0.29) is 24.6 Å². The molecule has 0 aromatic heterocycles. The van der Waals surface area contributed by atoms with Crippen LogP contribution in [0.15, 0.2) is 18.2 Å². The van der Waals surface area contributed by atoms with E-state index >= 15 is 0 Å². The van der Waals surface area contributed by atoms with Gasteiger partial charge in [-0.1, -0.05) is 5.92 Å². The largest absolute Gasteiger partial charge is 0.493 e. The first-order valence-electron chi connectivity index (χ1n) is 4.16. The van der Waals surface area contributed by atoms with Crippen LogP contribution in [0.5, 0.6) is 11.5 Å². The van der Waals surface area contributed by atoms with Crippen LogP contribution >= 0.6 is 12.4 Å². The van der Waals surface area contributed by atoms with Gasteiger partial charge in [0.1, 0.15) is 6.61 Å². The second-order valence-corrected chi connectivity index (χ2v) is 2.66. The molecule has 0 saturated carbocycles. The van der Waals surface area contributed by atoms with Crippen LogP contribution in [0.2, 0.25) is 0 Å². The van der Waals surface area contributed by atoms with Crippen LogP contribution in [0, 0.1) is 12.3 Å². The molecule has 0 aliphatic rings. The minimum atomic E-state index is -1.02. The van der Waals surface area contributed by atoms with E-state index in [1.165, 1.54) is 25.3 Å². The van der Waals surface area contributed by atoms with Gasteiger partial charge in [-0.2, -0.15) is 0 Å². The van der Waals surface area contributed by atoms with Crippen LogP contribution in [0.1, 0.15) is 10.4 Å². The molecule has 5 heteroatoms. The molecular formula is C11H11ClO4. The first-order valence-corrected chi connectivity index (χ1v) is 4.16. The Morgan fingerprint density at radius 1 is 1.50 bits per heavy atom. The van der Waals surface area contributed by atoms with Crippen molar-refractivity contribution in [3.63, 3.8) is 0 Å². The van der Waals surface area contributed by atoms with Gasteiger partial charge in [0, 0.05) is 0 Å². The average Bonchev–Trinajstić information content (AvgIpc) is 2.25. The number of hydrogen-bond donors (Lipinski definition) is 1. The van der Waals surface area contributed by atoms with Gasteiger partial charge < -0.3 is 14.6 Å². The molecule has 0 unspecified atom stereocenters. The summed E-state index contributed by atoms with van der Waals surface area (Å²) in [6.07, 6.45) is 5.04. The monoisotopic (exact) mass is 242 g/mol. The normalized spacial score (nSPS) is 8.50. The molecule has 1 N–H and O–H groups in total. The van der Waals surface area contributed by atoms with Crippen molar-refractivity contribution in [1.82, 2.24) is 0 Å². The number of carboxylic acids is 1. The van der Waals surface area contributed by atoms with E-state index in [9.17, 15) is 4.79 Å². The van der Waals surface area contributed by atoms with Gasteiger partial charge in [0.05, 0.1) is 12.7 Å². The fourth-order valence-electron chi connectivity index (χ4n) is 1.04. The Morgan fingerprint density at radius 3 is 2.69 bits per heavy atom. The molecule has 0 amide bonds. The van der Waals surface area contributed by atoms with E-state index < -0.39 is 5.97 Å². The van der Waals surface area contributed by atoms with Gasteiger partial charge >= 0.3 is 5.97 Å². The van der Waals surface area contributed by atoms with E-state index in [4.69, 9.17) is 21.0 Å². The fourth-order valence-corrected chi connectivity index (χ4v) is 1.04. The van der Waals surface area contributed by atoms with Crippen LogP contribution in [-0.2, 0) is 0 Å². The Balaban J connectivity index is 0.00000225. The lowest BCUT2D eigenvalue weighted by atomic mass is 10.2. The summed E-state index contributed by atoms with van der Waals surface area (Å²) in [5, 5.41) is 8.74. The van der Waals surface area contributed by atoms with Gasteiger partial charge in [-0.05, 0) is 18.2 Å². The first-order chi connectivity index (χ1) is 7.19. The number of rotatable bonds is 4. The number of carboxylic acid groups (broad SMARTS) is 1. The number of terminal acetylenes is 1. The summed E-state index contributed by atoms with van der Waals surface area (Å²) in [6.45, 7) is 0.114. The highest BCUT2D eigenvalue weighted by atomic mass is 35.5. The lowest BCUT2D eigenvalue weighted by Crippen LogP contribution is -2.00. The SMILES string of the molecule is C#CCOc1ccc(C(=O)O)cc1OC.Cl. The quantitative estimate of drug-likeness (QED) is 0.819. The Labute approximate surface area is 99.6 Å². The van der Waals surface area contributed by atoms with Crippen molar-refractivity contribution in [2.24, 2.45) is 0 Å². The molecule has 86 valence electrons. The zero-order chi connectivity index (χ0) is 11.3. The van der Waals surface area contributed by atoms with Crippen LogP contribution in [0.3, 0.4) is 0 Å². The first kappa shape index (κ1) is 14.1. The molecule has 0 heterocycles. The highest BCUT2D eigenvalue weighted by Gasteiger charge is 2.09. The highest BCUT2D eigenvalue weighted by Crippen LogP contribution is 2.27. The second-order valence-electron chi connectivity index (χ2n) is 2.66. The van der Waals surface area contributed by atoms with Gasteiger partial charge in [0.15, 0.2) is 11.5 Å². The zero-order valence-corrected chi connectivity index (χ0v) is 9.41. The highest BCUT2D eigenvalue weighted by molar-refractivity contribution is 5.88. The number of ether oxygens (including phenoxy) is 2. The maximum atomic E-state index is 10.7. The third kappa shape index (κ3) is 3.37. The van der Waals surface area contributed by atoms with Crippen LogP contribution < -0.4 is 9.47 Å². The van der Waals surface area contributed by atoms with Crippen LogP contribution in [0.4, 0.5) is 0 Å². The number of aromatic carboxylic acids is 1. The van der Waals surface area contributed by atoms with Gasteiger partial charge in [0.25, 0.3) is 0 Å². The van der Waals surface area contributed by atoms with E-state index in [2.05, 4.69) is 5.92 Å². The fraction of sp³-hybridized carbons (Fsp3) is 0.182. The Hall–Kier alpha value is -1.86. The van der Waals surface area contributed by atoms with E-state index in [0.29, 0.717) is 11.5 Å². The summed E-state index contributed by atoms with van der Waals surface area (Å²) in [5.41, 5.74) is 0.139. The van der Waals surface area contributed by atoms with Crippen molar-refractivity contribution in [1.29, 1.82) is 0 Å². The molecule has 0 bridgehead atoms. The minimum Gasteiger partial charge on any atom is -0.493 e. The molecule has 1 rings (SSSR count). The lowest BCUT2D eigenvalue weighted by Gasteiger charge is -2.08. The number of carbonyl (C=O) groups is 1. The summed E-state index contributed by atoms with van der Waals surface area (Å²) in [5.74, 6) is 2.08. The van der Waals surface area contributed by atoms with Crippen molar-refractivity contribution < 1.29 is 19.4 Å². The Bertz CT molecular complexity index is 409. The van der Waals surface area contributed by atoms with Crippen molar-refractivity contribution in [3.8, 4) is 23.8 Å². The van der Waals surface area contributed by atoms with Gasteiger partial charge in [-0.3, -0.25) is 0 Å². The summed E-state index contributed by atoms with van der Waals surface area (Å²) in [4.78, 5) is 10.7. The van der Waals surface area contributed by atoms with Crippen molar-refractivity contribution in [2.75, 3.05) is 13.7 Å². The predicted molar refractivity (Wildman–Crippen MR) is 61.5 cm³/mol. The molecule has 0 spiro atoms. The molecule has 0 fully saturated rings. The van der Waals surface area contributed by atoms with E-state index in [0.717, 1.165) is 0 Å². The van der Waals surface area contributed by atoms with Gasteiger partial charge in [-0.15, -0.1) is 18.8 Å². The molecule has 4 nitrogen and oxygen atoms in total. The summed E-state index contributed by atoms with van der Waals surface area (Å²) in [6, 6.07) is 4.32. The van der Waals surface area contributed by atoms with Crippen molar-refractivity contribution in [3.05, 3.63) is 23.8 Å². The van der Waals surface area contributed by atoms with Gasteiger partial charge in [-0.25, -0.2) is 4.79 Å². The average molecular weight is 243 g/mol. The van der Waals surface area contributed by atoms with Gasteiger partial charge in [0.2, 0.25) is 0 Å². The molecule has 0 radical (unpaired) electrons. The molecule has 0 aliphatic heterocycles. The molecular weight excluding hydrogens is 232 g/mol. The summed E-state index contributed by atoms with van der Waals surface area (Å²) in [7, 11) is 1.43. The predicted octanol–water partition coefficient (Wildman–Crippen LogP) is 1.83. The number of halogens is 1. The Kier molecular flexibility index (Phi) is 5.83. The maximum Gasteiger partial charge on any atom is 0.335 e. The van der Waals surface area contributed by atoms with Crippen molar-refractivity contribution >= 4 is 18.4 Å². The van der Waals surface area contributed by atoms with Crippen LogP contribution in [0.25, 0.3) is 0 Å². The second kappa shape index (κ2) is 6.59. The third-order valence-electron chi connectivity index (χ3n) is 1.72. The number of hydrogen-bond acceptors (Lipinski definition) is 3. The lowest BCUT2D eigenvalue weighted by molar-refractivity contribution is 0.0696. The molecule has 0 saturated heterocycles. The topological polar surface area (TPSA) is 55.8 Å². The molecule has 1 aromatic rings. The van der Waals surface area contributed by atoms with Crippen molar-refractivity contribution in [2.45, 2.75) is 0 Å². The zero-order valence-electron chi connectivity index (χ0n) is 8.60. The number of benzene rings is 1. The molecule has 16 heavy (non-hydrogen) atoms. The summed E-state index contributed by atoms with van der Waals surface area (Å²) < 4.78 is 10.1. The van der Waals surface area contributed by atoms with E-state index in [1.807, 2.05) is 0 Å². The smallest absolute Gasteiger partial charge is 0.335 e. The van der Waals surface area contributed by atoms with E-state index in [1.54, 1.807) is 0 Å². The van der Waals surface area contributed by atoms with Crippen LogP contribution in [-0.4, -0.2) is 24.8 Å². The number of methoxy groups -OCH3 is 1. The molecule has 1 aromatic carbocycles. The third-order valence-corrected chi connectivity index (χ3v) is 1.72. The standard InChI is InChI=1S/C11H10O4.ClH/c1-3-6-15-9-5-4-8(11(12)13)7-10(9)14-2;/h1,4-5,7H,6H2,2H3,(H,12,13);1H. The maximum absolute atomic E-state index is 10.7. The summed E-state index contributed by atoms with van der Waals surface area (Å²) >= 11 is 0. The molecule has 0 aliphatic carbocycles. The molecule has 0 atom stereocenters.